The Morgan fingerprint density at radius 1 is 1.26 bits per heavy atom. The molecule has 0 aliphatic carbocycles. The summed E-state index contributed by atoms with van der Waals surface area (Å²) in [5, 5.41) is 18.4. The van der Waals surface area contributed by atoms with Crippen LogP contribution in [0.25, 0.3) is 0 Å². The normalized spacial score (nSPS) is 13.6. The van der Waals surface area contributed by atoms with Crippen LogP contribution in [0.4, 0.5) is 9.80 Å². The SMILES string of the molecule is CC(O)(CNC(=O)Nc1cccs1)c1ccccc1. The third kappa shape index (κ3) is 3.81. The first kappa shape index (κ1) is 13.6. The van der Waals surface area contributed by atoms with Crippen molar-refractivity contribution in [2.45, 2.75) is 12.5 Å². The van der Waals surface area contributed by atoms with E-state index in [0.717, 1.165) is 10.6 Å². The third-order valence-corrected chi connectivity index (χ3v) is 3.53. The van der Waals surface area contributed by atoms with E-state index in [-0.39, 0.29) is 12.6 Å². The number of urea groups is 1. The molecule has 3 N–H and O–H groups in total. The first-order valence-electron chi connectivity index (χ1n) is 5.94. The minimum absolute atomic E-state index is 0.147. The summed E-state index contributed by atoms with van der Waals surface area (Å²) in [5.74, 6) is 0. The number of rotatable bonds is 4. The molecule has 19 heavy (non-hydrogen) atoms. The maximum absolute atomic E-state index is 11.7. The van der Waals surface area contributed by atoms with Crippen LogP contribution in [0.3, 0.4) is 0 Å². The summed E-state index contributed by atoms with van der Waals surface area (Å²) in [6.45, 7) is 1.82. The third-order valence-electron chi connectivity index (χ3n) is 2.75. The van der Waals surface area contributed by atoms with Gasteiger partial charge in [-0.2, -0.15) is 0 Å². The second kappa shape index (κ2) is 5.86. The number of aliphatic hydroxyl groups is 1. The van der Waals surface area contributed by atoms with Crippen molar-refractivity contribution in [3.05, 3.63) is 53.4 Å². The van der Waals surface area contributed by atoms with E-state index in [4.69, 9.17) is 0 Å². The van der Waals surface area contributed by atoms with E-state index in [9.17, 15) is 9.90 Å². The Morgan fingerprint density at radius 2 is 2.00 bits per heavy atom. The van der Waals surface area contributed by atoms with Crippen molar-refractivity contribution in [1.29, 1.82) is 0 Å². The molecule has 100 valence electrons. The number of carbonyl (C=O) groups excluding carboxylic acids is 1. The monoisotopic (exact) mass is 276 g/mol. The summed E-state index contributed by atoms with van der Waals surface area (Å²) in [6, 6.07) is 12.6. The molecule has 0 saturated carbocycles. The molecular weight excluding hydrogens is 260 g/mol. The molecular formula is C14H16N2O2S. The zero-order valence-corrected chi connectivity index (χ0v) is 11.4. The smallest absolute Gasteiger partial charge is 0.319 e. The van der Waals surface area contributed by atoms with E-state index in [2.05, 4.69) is 10.6 Å². The molecule has 4 nitrogen and oxygen atoms in total. The first-order valence-corrected chi connectivity index (χ1v) is 6.82. The highest BCUT2D eigenvalue weighted by molar-refractivity contribution is 7.14. The van der Waals surface area contributed by atoms with Crippen LogP contribution in [0.5, 0.6) is 0 Å². The van der Waals surface area contributed by atoms with Gasteiger partial charge in [0.1, 0.15) is 5.60 Å². The van der Waals surface area contributed by atoms with Crippen LogP contribution < -0.4 is 10.6 Å². The van der Waals surface area contributed by atoms with Gasteiger partial charge in [-0.3, -0.25) is 5.32 Å². The van der Waals surface area contributed by atoms with Gasteiger partial charge < -0.3 is 10.4 Å². The van der Waals surface area contributed by atoms with E-state index in [1.807, 2.05) is 47.8 Å². The molecule has 5 heteroatoms. The van der Waals surface area contributed by atoms with Crippen LogP contribution in [0, 0.1) is 0 Å². The number of amides is 2. The van der Waals surface area contributed by atoms with Gasteiger partial charge in [-0.1, -0.05) is 30.3 Å². The second-order valence-electron chi connectivity index (χ2n) is 4.42. The van der Waals surface area contributed by atoms with Crippen molar-refractivity contribution in [2.75, 3.05) is 11.9 Å². The van der Waals surface area contributed by atoms with Crippen LogP contribution in [0.2, 0.25) is 0 Å². The molecule has 1 atom stereocenters. The van der Waals surface area contributed by atoms with Gasteiger partial charge in [-0.05, 0) is 30.0 Å². The lowest BCUT2D eigenvalue weighted by atomic mass is 9.96. The van der Waals surface area contributed by atoms with Gasteiger partial charge in [-0.25, -0.2) is 4.79 Å². The van der Waals surface area contributed by atoms with Crippen molar-refractivity contribution in [3.8, 4) is 0 Å². The quantitative estimate of drug-likeness (QED) is 0.804. The topological polar surface area (TPSA) is 61.4 Å². The second-order valence-corrected chi connectivity index (χ2v) is 5.37. The Kier molecular flexibility index (Phi) is 4.19. The summed E-state index contributed by atoms with van der Waals surface area (Å²) in [7, 11) is 0. The Labute approximate surface area is 116 Å². The predicted molar refractivity (Wildman–Crippen MR) is 77.4 cm³/mol. The number of carbonyl (C=O) groups is 1. The zero-order chi connectivity index (χ0) is 13.7. The van der Waals surface area contributed by atoms with E-state index in [0.29, 0.717) is 0 Å². The summed E-state index contributed by atoms with van der Waals surface area (Å²) in [6.07, 6.45) is 0. The molecule has 0 spiro atoms. The number of anilines is 1. The Balaban J connectivity index is 1.89. The van der Waals surface area contributed by atoms with Crippen LogP contribution in [-0.2, 0) is 5.60 Å². The number of thiophene rings is 1. The molecule has 0 fully saturated rings. The fourth-order valence-corrected chi connectivity index (χ4v) is 2.27. The van der Waals surface area contributed by atoms with E-state index in [1.54, 1.807) is 6.92 Å². The molecule has 0 saturated heterocycles. The lowest BCUT2D eigenvalue weighted by Gasteiger charge is -2.24. The molecule has 1 aromatic heterocycles. The summed E-state index contributed by atoms with van der Waals surface area (Å²) < 4.78 is 0. The highest BCUT2D eigenvalue weighted by atomic mass is 32.1. The molecule has 0 aliphatic rings. The minimum Gasteiger partial charge on any atom is -0.384 e. The summed E-state index contributed by atoms with van der Waals surface area (Å²) in [4.78, 5) is 11.7. The van der Waals surface area contributed by atoms with Gasteiger partial charge in [0, 0.05) is 0 Å². The highest BCUT2D eigenvalue weighted by Gasteiger charge is 2.23. The molecule has 1 unspecified atom stereocenters. The molecule has 2 amide bonds. The van der Waals surface area contributed by atoms with Crippen LogP contribution in [0.1, 0.15) is 12.5 Å². The summed E-state index contributed by atoms with van der Waals surface area (Å²) in [5.41, 5.74) is -0.319. The van der Waals surface area contributed by atoms with Crippen molar-refractivity contribution in [3.63, 3.8) is 0 Å². The highest BCUT2D eigenvalue weighted by Crippen LogP contribution is 2.19. The Bertz CT molecular complexity index is 524. The average Bonchev–Trinajstić information content (AvgIpc) is 2.90. The Hall–Kier alpha value is -1.85. The van der Waals surface area contributed by atoms with E-state index < -0.39 is 5.60 Å². The largest absolute Gasteiger partial charge is 0.384 e. The van der Waals surface area contributed by atoms with Gasteiger partial charge in [0.15, 0.2) is 0 Å². The molecule has 0 radical (unpaired) electrons. The fraction of sp³-hybridized carbons (Fsp3) is 0.214. The van der Waals surface area contributed by atoms with Gasteiger partial charge in [0.2, 0.25) is 0 Å². The van der Waals surface area contributed by atoms with Gasteiger partial charge in [-0.15, -0.1) is 11.3 Å². The maximum Gasteiger partial charge on any atom is 0.319 e. The zero-order valence-electron chi connectivity index (χ0n) is 10.6. The number of nitrogens with one attached hydrogen (secondary N) is 2. The molecule has 2 rings (SSSR count). The minimum atomic E-state index is -1.09. The van der Waals surface area contributed by atoms with Gasteiger partial charge in [0.25, 0.3) is 0 Å². The lowest BCUT2D eigenvalue weighted by Crippen LogP contribution is -2.40. The molecule has 0 aliphatic heterocycles. The van der Waals surface area contributed by atoms with Crippen molar-refractivity contribution in [1.82, 2.24) is 5.32 Å². The van der Waals surface area contributed by atoms with Crippen LogP contribution in [0.15, 0.2) is 47.8 Å². The lowest BCUT2D eigenvalue weighted by molar-refractivity contribution is 0.0599. The fourth-order valence-electron chi connectivity index (χ4n) is 1.66. The average molecular weight is 276 g/mol. The molecule has 1 heterocycles. The molecule has 1 aromatic carbocycles. The van der Waals surface area contributed by atoms with Crippen molar-refractivity contribution in [2.24, 2.45) is 0 Å². The van der Waals surface area contributed by atoms with Crippen molar-refractivity contribution < 1.29 is 9.90 Å². The number of hydrogen-bond donors (Lipinski definition) is 3. The standard InChI is InChI=1S/C14H16N2O2S/c1-14(18,11-6-3-2-4-7-11)10-15-13(17)16-12-8-5-9-19-12/h2-9,18H,10H2,1H3,(H2,15,16,17). The van der Waals surface area contributed by atoms with Crippen molar-refractivity contribution >= 4 is 22.4 Å². The number of hydrogen-bond acceptors (Lipinski definition) is 3. The van der Waals surface area contributed by atoms with Crippen LogP contribution in [-0.4, -0.2) is 17.7 Å². The van der Waals surface area contributed by atoms with Crippen LogP contribution >= 0.6 is 11.3 Å². The summed E-state index contributed by atoms with van der Waals surface area (Å²) >= 11 is 1.45. The maximum atomic E-state index is 11.7. The van der Waals surface area contributed by atoms with E-state index >= 15 is 0 Å². The predicted octanol–water partition coefficient (Wildman–Crippen LogP) is 2.78. The number of benzene rings is 1. The first-order chi connectivity index (χ1) is 9.08. The van der Waals surface area contributed by atoms with Gasteiger partial charge >= 0.3 is 6.03 Å². The molecule has 2 aromatic rings. The molecule has 0 bridgehead atoms. The van der Waals surface area contributed by atoms with E-state index in [1.165, 1.54) is 11.3 Å². The van der Waals surface area contributed by atoms with Gasteiger partial charge in [0.05, 0.1) is 11.5 Å². The Morgan fingerprint density at radius 3 is 2.63 bits per heavy atom.